The fourth-order valence-corrected chi connectivity index (χ4v) is 2.27. The molecule has 0 saturated carbocycles. The van der Waals surface area contributed by atoms with E-state index in [1.807, 2.05) is 25.1 Å². The fourth-order valence-electron chi connectivity index (χ4n) is 2.27. The van der Waals surface area contributed by atoms with Crippen molar-refractivity contribution in [3.05, 3.63) is 54.1 Å². The van der Waals surface area contributed by atoms with Crippen LogP contribution in [0.15, 0.2) is 51.6 Å². The lowest BCUT2D eigenvalue weighted by molar-refractivity contribution is -0.121. The Kier molecular flexibility index (Phi) is 5.50. The highest BCUT2D eigenvalue weighted by molar-refractivity contribution is 5.96. The van der Waals surface area contributed by atoms with Gasteiger partial charge < -0.3 is 13.8 Å². The number of rotatable bonds is 6. The van der Waals surface area contributed by atoms with Gasteiger partial charge in [-0.3, -0.25) is 20.4 Å². The van der Waals surface area contributed by atoms with Crippen molar-refractivity contribution in [1.82, 2.24) is 21.0 Å². The van der Waals surface area contributed by atoms with E-state index in [2.05, 4.69) is 21.0 Å². The van der Waals surface area contributed by atoms with Crippen LogP contribution in [-0.2, 0) is 11.2 Å². The molecule has 0 saturated heterocycles. The van der Waals surface area contributed by atoms with Crippen molar-refractivity contribution < 1.29 is 18.5 Å². The maximum absolute atomic E-state index is 12.1. The van der Waals surface area contributed by atoms with Gasteiger partial charge in [-0.1, -0.05) is 11.2 Å². The lowest BCUT2D eigenvalue weighted by Gasteiger charge is -2.13. The van der Waals surface area contributed by atoms with Crippen molar-refractivity contribution in [2.24, 2.45) is 0 Å². The Morgan fingerprint density at radius 1 is 1.15 bits per heavy atom. The van der Waals surface area contributed by atoms with Gasteiger partial charge in [0.2, 0.25) is 17.6 Å². The number of aromatic nitrogens is 2. The van der Waals surface area contributed by atoms with Crippen LogP contribution in [0.2, 0.25) is 0 Å². The molecule has 0 radical (unpaired) electrons. The van der Waals surface area contributed by atoms with Crippen molar-refractivity contribution >= 4 is 17.5 Å². The molecule has 2 heterocycles. The van der Waals surface area contributed by atoms with E-state index in [0.717, 1.165) is 5.69 Å². The Hall–Kier alpha value is -3.62. The first-order valence-corrected chi connectivity index (χ1v) is 8.26. The van der Waals surface area contributed by atoms with Crippen LogP contribution in [0, 0.1) is 0 Å². The van der Waals surface area contributed by atoms with Gasteiger partial charge in [0.15, 0.2) is 5.76 Å². The van der Waals surface area contributed by atoms with Crippen LogP contribution in [0.25, 0.3) is 11.6 Å². The molecule has 2 aromatic heterocycles. The summed E-state index contributed by atoms with van der Waals surface area (Å²) < 4.78 is 10.2. The zero-order valence-electron chi connectivity index (χ0n) is 14.9. The minimum atomic E-state index is -0.398. The SMILES string of the molecule is CN(C)c1cccc(C(=O)NNC(=O)CCc2nc(-c3ccco3)no2)c1. The second-order valence-electron chi connectivity index (χ2n) is 5.94. The quantitative estimate of drug-likeness (QED) is 0.637. The summed E-state index contributed by atoms with van der Waals surface area (Å²) in [6.45, 7) is 0. The Morgan fingerprint density at radius 2 is 2.00 bits per heavy atom. The Morgan fingerprint density at radius 3 is 2.74 bits per heavy atom. The molecule has 2 amide bonds. The molecule has 0 spiro atoms. The zero-order valence-corrected chi connectivity index (χ0v) is 14.9. The molecule has 1 aromatic carbocycles. The van der Waals surface area contributed by atoms with Crippen LogP contribution in [0.3, 0.4) is 0 Å². The Bertz CT molecular complexity index is 917. The minimum Gasteiger partial charge on any atom is -0.461 e. The number of amides is 2. The van der Waals surface area contributed by atoms with E-state index in [1.165, 1.54) is 6.26 Å². The molecule has 0 fully saturated rings. The molecule has 140 valence electrons. The van der Waals surface area contributed by atoms with Gasteiger partial charge in [0.05, 0.1) is 6.26 Å². The highest BCUT2D eigenvalue weighted by Crippen LogP contribution is 2.16. The number of carbonyl (C=O) groups is 2. The molecule has 27 heavy (non-hydrogen) atoms. The first-order chi connectivity index (χ1) is 13.0. The summed E-state index contributed by atoms with van der Waals surface area (Å²) in [6.07, 6.45) is 1.83. The van der Waals surface area contributed by atoms with Crippen molar-refractivity contribution in [2.75, 3.05) is 19.0 Å². The highest BCUT2D eigenvalue weighted by Gasteiger charge is 2.13. The second kappa shape index (κ2) is 8.17. The highest BCUT2D eigenvalue weighted by atomic mass is 16.5. The molecule has 0 bridgehead atoms. The number of hydrogen-bond donors (Lipinski definition) is 2. The summed E-state index contributed by atoms with van der Waals surface area (Å²) in [6, 6.07) is 10.5. The van der Waals surface area contributed by atoms with Crippen molar-refractivity contribution in [3.8, 4) is 11.6 Å². The number of carbonyl (C=O) groups excluding carboxylic acids is 2. The Labute approximate surface area is 155 Å². The Balaban J connectivity index is 1.47. The van der Waals surface area contributed by atoms with Gasteiger partial charge in [-0.25, -0.2) is 0 Å². The van der Waals surface area contributed by atoms with Gasteiger partial charge in [-0.2, -0.15) is 4.98 Å². The van der Waals surface area contributed by atoms with Crippen LogP contribution in [-0.4, -0.2) is 36.1 Å². The summed E-state index contributed by atoms with van der Waals surface area (Å²) in [5.74, 6) is 0.350. The van der Waals surface area contributed by atoms with Crippen LogP contribution >= 0.6 is 0 Å². The molecule has 0 atom stereocenters. The lowest BCUT2D eigenvalue weighted by atomic mass is 10.2. The number of nitrogens with one attached hydrogen (secondary N) is 2. The van der Waals surface area contributed by atoms with E-state index in [0.29, 0.717) is 23.0 Å². The number of benzene rings is 1. The zero-order chi connectivity index (χ0) is 19.2. The summed E-state index contributed by atoms with van der Waals surface area (Å²) in [5.41, 5.74) is 6.10. The maximum Gasteiger partial charge on any atom is 0.269 e. The van der Waals surface area contributed by atoms with Crippen molar-refractivity contribution in [1.29, 1.82) is 0 Å². The monoisotopic (exact) mass is 369 g/mol. The first-order valence-electron chi connectivity index (χ1n) is 8.26. The third-order valence-corrected chi connectivity index (χ3v) is 3.72. The standard InChI is InChI=1S/C18H19N5O4/c1-23(2)13-6-3-5-12(11-13)18(25)21-20-15(24)8-9-16-19-17(22-27-16)14-7-4-10-26-14/h3-7,10-11H,8-9H2,1-2H3,(H,20,24)(H,21,25). The predicted molar refractivity (Wildman–Crippen MR) is 96.7 cm³/mol. The number of furan rings is 1. The van der Waals surface area contributed by atoms with Gasteiger partial charge in [0.1, 0.15) is 0 Å². The van der Waals surface area contributed by atoms with Gasteiger partial charge in [-0.15, -0.1) is 0 Å². The van der Waals surface area contributed by atoms with E-state index >= 15 is 0 Å². The van der Waals surface area contributed by atoms with Crippen LogP contribution in [0.5, 0.6) is 0 Å². The maximum atomic E-state index is 12.1. The van der Waals surface area contributed by atoms with E-state index in [-0.39, 0.29) is 18.7 Å². The fraction of sp³-hybridized carbons (Fsp3) is 0.222. The van der Waals surface area contributed by atoms with Gasteiger partial charge in [0, 0.05) is 38.2 Å². The average molecular weight is 369 g/mol. The summed E-state index contributed by atoms with van der Waals surface area (Å²) in [7, 11) is 3.77. The van der Waals surface area contributed by atoms with Crippen molar-refractivity contribution in [2.45, 2.75) is 12.8 Å². The van der Waals surface area contributed by atoms with Gasteiger partial charge in [-0.05, 0) is 30.3 Å². The minimum absolute atomic E-state index is 0.0812. The molecular weight excluding hydrogens is 350 g/mol. The third-order valence-electron chi connectivity index (χ3n) is 3.72. The number of aryl methyl sites for hydroxylation is 1. The van der Waals surface area contributed by atoms with E-state index < -0.39 is 5.91 Å². The van der Waals surface area contributed by atoms with Crippen LogP contribution in [0.1, 0.15) is 22.7 Å². The summed E-state index contributed by atoms with van der Waals surface area (Å²) in [4.78, 5) is 30.1. The third kappa shape index (κ3) is 4.72. The first kappa shape index (κ1) is 18.2. The molecule has 3 aromatic rings. The molecule has 9 heteroatoms. The van der Waals surface area contributed by atoms with Gasteiger partial charge in [0.25, 0.3) is 5.91 Å². The summed E-state index contributed by atoms with van der Waals surface area (Å²) >= 11 is 0. The van der Waals surface area contributed by atoms with E-state index in [1.54, 1.807) is 30.3 Å². The largest absolute Gasteiger partial charge is 0.461 e. The molecule has 0 unspecified atom stereocenters. The van der Waals surface area contributed by atoms with Gasteiger partial charge >= 0.3 is 0 Å². The molecule has 0 aliphatic carbocycles. The van der Waals surface area contributed by atoms with Crippen LogP contribution < -0.4 is 15.8 Å². The van der Waals surface area contributed by atoms with Crippen LogP contribution in [0.4, 0.5) is 5.69 Å². The molecule has 0 aliphatic heterocycles. The summed E-state index contributed by atoms with van der Waals surface area (Å²) in [5, 5.41) is 3.79. The number of hydrogen-bond acceptors (Lipinski definition) is 7. The van der Waals surface area contributed by atoms with Crippen molar-refractivity contribution in [3.63, 3.8) is 0 Å². The molecule has 0 aliphatic rings. The number of anilines is 1. The number of hydrazine groups is 1. The molecule has 2 N–H and O–H groups in total. The topological polar surface area (TPSA) is 114 Å². The molecular formula is C18H19N5O4. The molecule has 9 nitrogen and oxygen atoms in total. The smallest absolute Gasteiger partial charge is 0.269 e. The second-order valence-corrected chi connectivity index (χ2v) is 5.94. The molecule has 3 rings (SSSR count). The van der Waals surface area contributed by atoms with E-state index in [9.17, 15) is 9.59 Å². The van der Waals surface area contributed by atoms with E-state index in [4.69, 9.17) is 8.94 Å². The average Bonchev–Trinajstić information content (AvgIpc) is 3.35. The predicted octanol–water partition coefficient (Wildman–Crippen LogP) is 1.79. The lowest BCUT2D eigenvalue weighted by Crippen LogP contribution is -2.41. The normalized spacial score (nSPS) is 10.4. The number of nitrogens with zero attached hydrogens (tertiary/aromatic N) is 3.